The third-order valence-electron chi connectivity index (χ3n) is 5.70. The van der Waals surface area contributed by atoms with E-state index in [0.29, 0.717) is 5.92 Å². The number of hydrogen-bond acceptors (Lipinski definition) is 0. The van der Waals surface area contributed by atoms with Gasteiger partial charge in [-0.15, -0.1) is 0 Å². The van der Waals surface area contributed by atoms with Crippen molar-refractivity contribution in [3.63, 3.8) is 0 Å². The van der Waals surface area contributed by atoms with Crippen LogP contribution in [0.1, 0.15) is 89.2 Å². The van der Waals surface area contributed by atoms with Crippen molar-refractivity contribution in [3.8, 4) is 23.7 Å². The number of benzene rings is 1. The zero-order chi connectivity index (χ0) is 19.2. The summed E-state index contributed by atoms with van der Waals surface area (Å²) >= 11 is 0. The summed E-state index contributed by atoms with van der Waals surface area (Å²) in [5.41, 5.74) is 2.51. The summed E-state index contributed by atoms with van der Waals surface area (Å²) in [5.74, 6) is 14.4. The first-order valence-electron chi connectivity index (χ1n) is 11.1. The van der Waals surface area contributed by atoms with E-state index in [0.717, 1.165) is 11.5 Å². The Bertz CT molecular complexity index is 661. The van der Waals surface area contributed by atoms with E-state index in [1.807, 2.05) is 12.2 Å². The Balaban J connectivity index is 1.69. The first-order valence-corrected chi connectivity index (χ1v) is 11.1. The molecular weight excluding hydrogens is 324 g/mol. The molecule has 1 aromatic carbocycles. The van der Waals surface area contributed by atoms with Gasteiger partial charge >= 0.3 is 0 Å². The molecule has 0 radical (unpaired) electrons. The van der Waals surface area contributed by atoms with Crippen molar-refractivity contribution in [2.24, 2.45) is 11.8 Å². The predicted molar refractivity (Wildman–Crippen MR) is 118 cm³/mol. The molecule has 1 fully saturated rings. The average molecular weight is 361 g/mol. The van der Waals surface area contributed by atoms with Crippen molar-refractivity contribution < 1.29 is 0 Å². The van der Waals surface area contributed by atoms with Crippen molar-refractivity contribution in [1.82, 2.24) is 0 Å². The Kier molecular flexibility index (Phi) is 10.5. The molecule has 0 atom stereocenters. The van der Waals surface area contributed by atoms with Crippen molar-refractivity contribution in [1.29, 1.82) is 0 Å². The van der Waals surface area contributed by atoms with Crippen molar-refractivity contribution in [2.75, 3.05) is 0 Å². The maximum Gasteiger partial charge on any atom is 0.0249 e. The molecule has 0 N–H and O–H groups in total. The molecule has 0 spiro atoms. The quantitative estimate of drug-likeness (QED) is 0.353. The zero-order valence-electron chi connectivity index (χ0n) is 17.4. The van der Waals surface area contributed by atoms with E-state index < -0.39 is 0 Å². The van der Waals surface area contributed by atoms with Gasteiger partial charge in [0.2, 0.25) is 0 Å². The third-order valence-corrected chi connectivity index (χ3v) is 5.70. The minimum atomic E-state index is 0.597. The predicted octanol–water partition coefficient (Wildman–Crippen LogP) is 7.33. The van der Waals surface area contributed by atoms with Gasteiger partial charge in [-0.25, -0.2) is 0 Å². The maximum atomic E-state index is 3.40. The highest BCUT2D eigenvalue weighted by molar-refractivity contribution is 5.39. The second-order valence-corrected chi connectivity index (χ2v) is 7.88. The fourth-order valence-electron chi connectivity index (χ4n) is 3.78. The van der Waals surface area contributed by atoms with E-state index in [-0.39, 0.29) is 0 Å². The van der Waals surface area contributed by atoms with Crippen LogP contribution in [0, 0.1) is 35.5 Å². The van der Waals surface area contributed by atoms with Crippen LogP contribution in [-0.4, -0.2) is 0 Å². The summed E-state index contributed by atoms with van der Waals surface area (Å²) in [4.78, 5) is 0. The highest BCUT2D eigenvalue weighted by Crippen LogP contribution is 2.29. The standard InChI is InChI=1S/C27H36/c1-3-5-6-7-10-13-26-20-22-27(23-21-26)15-12-9-8-11-14-25-18-16-24(4-2)17-19-25/h8-9,20-25H,3-7,10,13,16-19H2,1-2H3/b9-8+/t24-,25-. The van der Waals surface area contributed by atoms with Crippen LogP contribution in [0.25, 0.3) is 0 Å². The Morgan fingerprint density at radius 2 is 1.56 bits per heavy atom. The summed E-state index contributed by atoms with van der Waals surface area (Å²) < 4.78 is 0. The van der Waals surface area contributed by atoms with Crippen molar-refractivity contribution >= 4 is 0 Å². The molecule has 1 saturated carbocycles. The van der Waals surface area contributed by atoms with E-state index in [1.165, 1.54) is 76.2 Å². The lowest BCUT2D eigenvalue weighted by Gasteiger charge is -2.24. The highest BCUT2D eigenvalue weighted by Gasteiger charge is 2.17. The van der Waals surface area contributed by atoms with Crippen LogP contribution in [-0.2, 0) is 6.42 Å². The molecule has 144 valence electrons. The summed E-state index contributed by atoms with van der Waals surface area (Å²) in [5, 5.41) is 0. The van der Waals surface area contributed by atoms with E-state index in [4.69, 9.17) is 0 Å². The van der Waals surface area contributed by atoms with Gasteiger partial charge in [0.1, 0.15) is 0 Å². The molecule has 1 aromatic rings. The smallest absolute Gasteiger partial charge is 0.0249 e. The molecule has 0 heteroatoms. The van der Waals surface area contributed by atoms with Gasteiger partial charge in [-0.1, -0.05) is 81.8 Å². The maximum absolute atomic E-state index is 3.40. The molecule has 0 nitrogen and oxygen atoms in total. The normalized spacial score (nSPS) is 19.2. The molecule has 0 aliphatic heterocycles. The first-order chi connectivity index (χ1) is 13.3. The molecule has 0 heterocycles. The van der Waals surface area contributed by atoms with Gasteiger partial charge in [0.05, 0.1) is 0 Å². The molecule has 0 bridgehead atoms. The molecule has 0 amide bonds. The fourth-order valence-corrected chi connectivity index (χ4v) is 3.78. The van der Waals surface area contributed by atoms with Gasteiger partial charge in [0, 0.05) is 11.5 Å². The van der Waals surface area contributed by atoms with Crippen LogP contribution < -0.4 is 0 Å². The molecule has 0 aromatic heterocycles. The Morgan fingerprint density at radius 3 is 2.26 bits per heavy atom. The van der Waals surface area contributed by atoms with Gasteiger partial charge < -0.3 is 0 Å². The molecule has 0 saturated heterocycles. The minimum absolute atomic E-state index is 0.597. The average Bonchev–Trinajstić information content (AvgIpc) is 2.72. The van der Waals surface area contributed by atoms with E-state index in [1.54, 1.807) is 0 Å². The Labute approximate surface area is 167 Å². The van der Waals surface area contributed by atoms with E-state index >= 15 is 0 Å². The molecule has 2 rings (SSSR count). The molecule has 1 aliphatic rings. The number of allylic oxidation sites excluding steroid dienone is 2. The van der Waals surface area contributed by atoms with Gasteiger partial charge in [0.15, 0.2) is 0 Å². The summed E-state index contributed by atoms with van der Waals surface area (Å²) in [6, 6.07) is 8.72. The zero-order valence-corrected chi connectivity index (χ0v) is 17.4. The van der Waals surface area contributed by atoms with Crippen LogP contribution in [0.5, 0.6) is 0 Å². The Hall–Kier alpha value is -1.92. The van der Waals surface area contributed by atoms with Crippen molar-refractivity contribution in [3.05, 3.63) is 47.5 Å². The van der Waals surface area contributed by atoms with Gasteiger partial charge in [-0.3, -0.25) is 0 Å². The van der Waals surface area contributed by atoms with Crippen molar-refractivity contribution in [2.45, 2.75) is 84.5 Å². The topological polar surface area (TPSA) is 0 Å². The van der Waals surface area contributed by atoms with Gasteiger partial charge in [-0.2, -0.15) is 0 Å². The van der Waals surface area contributed by atoms with E-state index in [9.17, 15) is 0 Å². The first kappa shape index (κ1) is 21.4. The fraction of sp³-hybridized carbons (Fsp3) is 0.556. The summed E-state index contributed by atoms with van der Waals surface area (Å²) in [6.07, 6.45) is 18.3. The lowest BCUT2D eigenvalue weighted by Crippen LogP contribution is -2.12. The molecule has 27 heavy (non-hydrogen) atoms. The monoisotopic (exact) mass is 360 g/mol. The molecular formula is C27H36. The van der Waals surface area contributed by atoms with Crippen LogP contribution >= 0.6 is 0 Å². The van der Waals surface area contributed by atoms with E-state index in [2.05, 4.69) is 61.8 Å². The summed E-state index contributed by atoms with van der Waals surface area (Å²) in [7, 11) is 0. The highest BCUT2D eigenvalue weighted by atomic mass is 14.2. The molecule has 0 unspecified atom stereocenters. The van der Waals surface area contributed by atoms with Gasteiger partial charge in [0.25, 0.3) is 0 Å². The largest absolute Gasteiger partial charge is 0.0951 e. The number of hydrogen-bond donors (Lipinski definition) is 0. The Morgan fingerprint density at radius 1 is 0.852 bits per heavy atom. The van der Waals surface area contributed by atoms with Crippen LogP contribution in [0.4, 0.5) is 0 Å². The second-order valence-electron chi connectivity index (χ2n) is 7.88. The lowest BCUT2D eigenvalue weighted by atomic mass is 9.81. The third kappa shape index (κ3) is 9.02. The number of rotatable bonds is 7. The molecule has 1 aliphatic carbocycles. The SMILES string of the molecule is CCCCCCCc1ccc(C#C/C=C/C#C[C@H]2CC[C@H](CC)CC2)cc1. The van der Waals surface area contributed by atoms with Gasteiger partial charge in [-0.05, 0) is 74.3 Å². The van der Waals surface area contributed by atoms with Crippen LogP contribution in [0.2, 0.25) is 0 Å². The second kappa shape index (κ2) is 13.3. The van der Waals surface area contributed by atoms with Crippen LogP contribution in [0.15, 0.2) is 36.4 Å². The number of unbranched alkanes of at least 4 members (excludes halogenated alkanes) is 4. The summed E-state index contributed by atoms with van der Waals surface area (Å²) in [6.45, 7) is 4.57. The lowest BCUT2D eigenvalue weighted by molar-refractivity contribution is 0.309. The number of aryl methyl sites for hydroxylation is 1. The van der Waals surface area contributed by atoms with Crippen LogP contribution in [0.3, 0.4) is 0 Å². The minimum Gasteiger partial charge on any atom is -0.0951 e.